The molecule has 4 aromatic rings. The van der Waals surface area contributed by atoms with E-state index in [9.17, 15) is 9.59 Å². The molecule has 1 N–H and O–H groups in total. The molecule has 0 radical (unpaired) electrons. The van der Waals surface area contributed by atoms with Crippen LogP contribution in [0.5, 0.6) is 11.5 Å². The van der Waals surface area contributed by atoms with Gasteiger partial charge in [-0.25, -0.2) is 4.68 Å². The smallest absolute Gasteiger partial charge is 0.249 e. The maximum atomic E-state index is 14.2. The standard InChI is InChI=1S/C31H37N5O4/c1-7-21-13-16-23(17-14-21)36(28(37)20-35-25-12-10-9-11-24(25)33-34-35)29(30(38)32-31(3,4)5)22-15-18-26(40-8-2)27(19-22)39-6/h9-19,29H,7-8,20H2,1-6H3,(H,32,38)/t29-/m1/s1. The number of hydrogen-bond donors (Lipinski definition) is 1. The number of carbonyl (C=O) groups excluding carboxylic acids is 2. The molecule has 0 bridgehead atoms. The molecule has 9 nitrogen and oxygen atoms in total. The van der Waals surface area contributed by atoms with Gasteiger partial charge in [-0.15, -0.1) is 5.10 Å². The maximum Gasteiger partial charge on any atom is 0.249 e. The lowest BCUT2D eigenvalue weighted by Crippen LogP contribution is -2.50. The van der Waals surface area contributed by atoms with Crippen LogP contribution in [0.25, 0.3) is 11.0 Å². The van der Waals surface area contributed by atoms with Crippen LogP contribution >= 0.6 is 0 Å². The Morgan fingerprint density at radius 1 is 1.00 bits per heavy atom. The number of aromatic nitrogens is 3. The van der Waals surface area contributed by atoms with Crippen LogP contribution in [0, 0.1) is 0 Å². The van der Waals surface area contributed by atoms with Gasteiger partial charge < -0.3 is 14.8 Å². The molecule has 0 aliphatic rings. The molecule has 210 valence electrons. The fraction of sp³-hybridized carbons (Fsp3) is 0.355. The van der Waals surface area contributed by atoms with Crippen LogP contribution in [0.2, 0.25) is 0 Å². The third-order valence-corrected chi connectivity index (χ3v) is 6.40. The molecule has 3 aromatic carbocycles. The van der Waals surface area contributed by atoms with Gasteiger partial charge in [0.25, 0.3) is 0 Å². The molecule has 40 heavy (non-hydrogen) atoms. The van der Waals surface area contributed by atoms with Gasteiger partial charge in [-0.1, -0.05) is 42.5 Å². The van der Waals surface area contributed by atoms with Crippen molar-refractivity contribution in [1.29, 1.82) is 0 Å². The van der Waals surface area contributed by atoms with Gasteiger partial charge in [0, 0.05) is 11.2 Å². The Kier molecular flexibility index (Phi) is 8.72. The third kappa shape index (κ3) is 6.42. The van der Waals surface area contributed by atoms with E-state index in [1.54, 1.807) is 30.0 Å². The number of amides is 2. The summed E-state index contributed by atoms with van der Waals surface area (Å²) in [5.74, 6) is 0.392. The molecule has 1 heterocycles. The van der Waals surface area contributed by atoms with E-state index in [-0.39, 0.29) is 18.4 Å². The number of ether oxygens (including phenoxy) is 2. The Labute approximate surface area is 235 Å². The summed E-state index contributed by atoms with van der Waals surface area (Å²) in [6.07, 6.45) is 0.850. The second-order valence-electron chi connectivity index (χ2n) is 10.5. The number of carbonyl (C=O) groups is 2. The average molecular weight is 544 g/mol. The lowest BCUT2D eigenvalue weighted by atomic mass is 9.99. The van der Waals surface area contributed by atoms with E-state index < -0.39 is 11.6 Å². The van der Waals surface area contributed by atoms with Crippen LogP contribution in [0.1, 0.15) is 51.8 Å². The monoisotopic (exact) mass is 543 g/mol. The molecular formula is C31H37N5O4. The fourth-order valence-electron chi connectivity index (χ4n) is 4.55. The number of fused-ring (bicyclic) bond motifs is 1. The summed E-state index contributed by atoms with van der Waals surface area (Å²) in [5.41, 5.74) is 3.18. The van der Waals surface area contributed by atoms with Crippen LogP contribution in [0.4, 0.5) is 5.69 Å². The highest BCUT2D eigenvalue weighted by atomic mass is 16.5. The molecule has 9 heteroatoms. The topological polar surface area (TPSA) is 98.6 Å². The highest BCUT2D eigenvalue weighted by molar-refractivity contribution is 6.01. The summed E-state index contributed by atoms with van der Waals surface area (Å²) < 4.78 is 12.9. The van der Waals surface area contributed by atoms with Crippen molar-refractivity contribution in [3.63, 3.8) is 0 Å². The van der Waals surface area contributed by atoms with Crippen molar-refractivity contribution in [2.24, 2.45) is 0 Å². The van der Waals surface area contributed by atoms with Crippen molar-refractivity contribution in [2.75, 3.05) is 18.6 Å². The first-order chi connectivity index (χ1) is 19.1. The van der Waals surface area contributed by atoms with E-state index in [4.69, 9.17) is 9.47 Å². The van der Waals surface area contributed by atoms with E-state index in [0.29, 0.717) is 34.9 Å². The molecule has 4 rings (SSSR count). The van der Waals surface area contributed by atoms with Gasteiger partial charge in [-0.3, -0.25) is 14.5 Å². The molecule has 0 saturated heterocycles. The van der Waals surface area contributed by atoms with Crippen molar-refractivity contribution in [3.8, 4) is 11.5 Å². The predicted octanol–water partition coefficient (Wildman–Crippen LogP) is 5.09. The number of anilines is 1. The van der Waals surface area contributed by atoms with Crippen LogP contribution in [-0.2, 0) is 22.6 Å². The summed E-state index contributed by atoms with van der Waals surface area (Å²) in [7, 11) is 1.55. The van der Waals surface area contributed by atoms with Crippen LogP contribution < -0.4 is 19.7 Å². The first-order valence-electron chi connectivity index (χ1n) is 13.5. The van der Waals surface area contributed by atoms with Crippen LogP contribution in [0.15, 0.2) is 66.7 Å². The van der Waals surface area contributed by atoms with E-state index in [0.717, 1.165) is 17.5 Å². The van der Waals surface area contributed by atoms with Gasteiger partial charge in [0.2, 0.25) is 11.8 Å². The number of nitrogens with one attached hydrogen (secondary N) is 1. The van der Waals surface area contributed by atoms with Crippen molar-refractivity contribution in [3.05, 3.63) is 77.9 Å². The Hall–Kier alpha value is -4.40. The number of aryl methyl sites for hydroxylation is 1. The fourth-order valence-corrected chi connectivity index (χ4v) is 4.55. The highest BCUT2D eigenvalue weighted by Gasteiger charge is 2.35. The Balaban J connectivity index is 1.86. The number of nitrogens with zero attached hydrogens (tertiary/aromatic N) is 4. The van der Waals surface area contributed by atoms with Crippen molar-refractivity contribution in [2.45, 2.75) is 59.2 Å². The second kappa shape index (κ2) is 12.2. The SMILES string of the molecule is CCOc1ccc([C@H](C(=O)NC(C)(C)C)N(C(=O)Cn2nnc3ccccc32)c2ccc(CC)cc2)cc1OC. The number of rotatable bonds is 10. The molecule has 1 aromatic heterocycles. The van der Waals surface area contributed by atoms with E-state index in [2.05, 4.69) is 22.6 Å². The van der Waals surface area contributed by atoms with Gasteiger partial charge in [0.15, 0.2) is 11.5 Å². The largest absolute Gasteiger partial charge is 0.493 e. The highest BCUT2D eigenvalue weighted by Crippen LogP contribution is 2.35. The summed E-state index contributed by atoms with van der Waals surface area (Å²) in [6.45, 7) is 10.0. The minimum absolute atomic E-state index is 0.108. The molecule has 0 unspecified atom stereocenters. The van der Waals surface area contributed by atoms with Gasteiger partial charge >= 0.3 is 0 Å². The van der Waals surface area contributed by atoms with Gasteiger partial charge in [-0.05, 0) is 81.6 Å². The van der Waals surface area contributed by atoms with Gasteiger partial charge in [0.05, 0.1) is 19.2 Å². The molecule has 0 saturated carbocycles. The Morgan fingerprint density at radius 2 is 1.73 bits per heavy atom. The van der Waals surface area contributed by atoms with E-state index in [1.807, 2.05) is 76.2 Å². The summed E-state index contributed by atoms with van der Waals surface area (Å²) in [5, 5.41) is 11.5. The molecule has 0 aliphatic heterocycles. The molecule has 0 spiro atoms. The summed E-state index contributed by atoms with van der Waals surface area (Å²) in [4.78, 5) is 29.8. The summed E-state index contributed by atoms with van der Waals surface area (Å²) >= 11 is 0. The zero-order chi connectivity index (χ0) is 28.9. The van der Waals surface area contributed by atoms with E-state index >= 15 is 0 Å². The number of para-hydroxylation sites is 1. The minimum Gasteiger partial charge on any atom is -0.493 e. The quantitative estimate of drug-likeness (QED) is 0.299. The molecule has 0 aliphatic carbocycles. The Bertz CT molecular complexity index is 1470. The number of methoxy groups -OCH3 is 1. The molecule has 1 atom stereocenters. The molecule has 2 amide bonds. The number of benzene rings is 3. The first kappa shape index (κ1) is 28.6. The van der Waals surface area contributed by atoms with E-state index in [1.165, 1.54) is 4.90 Å². The van der Waals surface area contributed by atoms with Crippen molar-refractivity contribution < 1.29 is 19.1 Å². The second-order valence-corrected chi connectivity index (χ2v) is 10.5. The first-order valence-corrected chi connectivity index (χ1v) is 13.5. The third-order valence-electron chi connectivity index (χ3n) is 6.40. The van der Waals surface area contributed by atoms with Crippen molar-refractivity contribution in [1.82, 2.24) is 20.3 Å². The lowest BCUT2D eigenvalue weighted by molar-refractivity contribution is -0.128. The van der Waals surface area contributed by atoms with Crippen LogP contribution in [-0.4, -0.2) is 46.1 Å². The summed E-state index contributed by atoms with van der Waals surface area (Å²) in [6, 6.07) is 19.5. The lowest BCUT2D eigenvalue weighted by Gasteiger charge is -2.34. The minimum atomic E-state index is -1.00. The van der Waals surface area contributed by atoms with Crippen LogP contribution in [0.3, 0.4) is 0 Å². The normalized spacial score (nSPS) is 12.2. The average Bonchev–Trinajstić information content (AvgIpc) is 3.33. The predicted molar refractivity (Wildman–Crippen MR) is 156 cm³/mol. The maximum absolute atomic E-state index is 14.2. The van der Waals surface area contributed by atoms with Gasteiger partial charge in [-0.2, -0.15) is 0 Å². The molecular weight excluding hydrogens is 506 g/mol. The Morgan fingerprint density at radius 3 is 2.38 bits per heavy atom. The zero-order valence-corrected chi connectivity index (χ0v) is 24.0. The molecule has 0 fully saturated rings. The van der Waals surface area contributed by atoms with Gasteiger partial charge in [0.1, 0.15) is 18.1 Å². The number of hydrogen-bond acceptors (Lipinski definition) is 6. The van der Waals surface area contributed by atoms with Crippen molar-refractivity contribution >= 4 is 28.5 Å². The zero-order valence-electron chi connectivity index (χ0n) is 24.0.